The van der Waals surface area contributed by atoms with Crippen molar-refractivity contribution in [1.82, 2.24) is 4.98 Å². The molecule has 2 aromatic carbocycles. The molecule has 0 fully saturated rings. The molecule has 0 radical (unpaired) electrons. The molecule has 5 nitrogen and oxygen atoms in total. The average Bonchev–Trinajstić information content (AvgIpc) is 3.15. The number of thiazole rings is 1. The number of hydrogen-bond donors (Lipinski definition) is 2. The highest BCUT2D eigenvalue weighted by Crippen LogP contribution is 2.19. The van der Waals surface area contributed by atoms with Gasteiger partial charge in [-0.1, -0.05) is 44.2 Å². The first-order chi connectivity index (χ1) is 13.5. The number of nitrogens with zero attached hydrogens (tertiary/aromatic N) is 1. The van der Waals surface area contributed by atoms with Gasteiger partial charge in [0.2, 0.25) is 5.91 Å². The quantitative estimate of drug-likeness (QED) is 0.587. The highest BCUT2D eigenvalue weighted by atomic mass is 32.1. The zero-order valence-electron chi connectivity index (χ0n) is 15.9. The molecule has 1 heterocycles. The van der Waals surface area contributed by atoms with Gasteiger partial charge in [0.15, 0.2) is 5.13 Å². The molecule has 0 unspecified atom stereocenters. The standard InChI is InChI=1S/C22H23N3O2S/c1-15(2)16-8-10-18(11-9-16)23-20(26)13-12-19-14-28-22(24-19)25-21(27)17-6-4-3-5-7-17/h3-11,14-15H,12-13H2,1-2H3,(H,23,26)(H,24,25,27). The zero-order chi connectivity index (χ0) is 19.9. The monoisotopic (exact) mass is 393 g/mol. The summed E-state index contributed by atoms with van der Waals surface area (Å²) in [5.41, 5.74) is 3.41. The fourth-order valence-electron chi connectivity index (χ4n) is 2.65. The predicted octanol–water partition coefficient (Wildman–Crippen LogP) is 5.09. The number of nitrogens with one attached hydrogen (secondary N) is 2. The van der Waals surface area contributed by atoms with Crippen LogP contribution in [-0.2, 0) is 11.2 Å². The van der Waals surface area contributed by atoms with Crippen molar-refractivity contribution in [2.24, 2.45) is 0 Å². The summed E-state index contributed by atoms with van der Waals surface area (Å²) < 4.78 is 0. The second-order valence-corrected chi connectivity index (χ2v) is 7.65. The lowest BCUT2D eigenvalue weighted by Crippen LogP contribution is -2.13. The summed E-state index contributed by atoms with van der Waals surface area (Å²) in [4.78, 5) is 28.7. The number of aryl methyl sites for hydroxylation is 1. The number of amides is 2. The van der Waals surface area contributed by atoms with Crippen LogP contribution >= 0.6 is 11.3 Å². The molecule has 0 aliphatic rings. The van der Waals surface area contributed by atoms with Crippen LogP contribution in [0, 0.1) is 0 Å². The van der Waals surface area contributed by atoms with Gasteiger partial charge in [0.1, 0.15) is 0 Å². The Balaban J connectivity index is 1.48. The molecule has 0 bridgehead atoms. The number of aromatic nitrogens is 1. The fraction of sp³-hybridized carbons (Fsp3) is 0.227. The molecular formula is C22H23N3O2S. The number of carbonyl (C=O) groups excluding carboxylic acids is 2. The van der Waals surface area contributed by atoms with E-state index in [0.29, 0.717) is 29.5 Å². The normalized spacial score (nSPS) is 10.7. The van der Waals surface area contributed by atoms with E-state index in [2.05, 4.69) is 29.5 Å². The van der Waals surface area contributed by atoms with E-state index in [0.717, 1.165) is 11.4 Å². The van der Waals surface area contributed by atoms with Gasteiger partial charge < -0.3 is 5.32 Å². The molecule has 0 spiro atoms. The Morgan fingerprint density at radius 3 is 2.39 bits per heavy atom. The van der Waals surface area contributed by atoms with Gasteiger partial charge in [-0.05, 0) is 42.2 Å². The van der Waals surface area contributed by atoms with Crippen LogP contribution in [0.5, 0.6) is 0 Å². The predicted molar refractivity (Wildman–Crippen MR) is 114 cm³/mol. The molecule has 0 aliphatic carbocycles. The van der Waals surface area contributed by atoms with Crippen molar-refractivity contribution >= 4 is 34.0 Å². The van der Waals surface area contributed by atoms with Crippen LogP contribution in [0.1, 0.15) is 47.8 Å². The second-order valence-electron chi connectivity index (χ2n) is 6.79. The Morgan fingerprint density at radius 2 is 1.71 bits per heavy atom. The van der Waals surface area contributed by atoms with Gasteiger partial charge in [-0.2, -0.15) is 0 Å². The molecule has 28 heavy (non-hydrogen) atoms. The number of hydrogen-bond acceptors (Lipinski definition) is 4. The highest BCUT2D eigenvalue weighted by Gasteiger charge is 2.10. The van der Waals surface area contributed by atoms with Crippen LogP contribution < -0.4 is 10.6 Å². The van der Waals surface area contributed by atoms with Crippen molar-refractivity contribution in [2.45, 2.75) is 32.6 Å². The Kier molecular flexibility index (Phi) is 6.55. The van der Waals surface area contributed by atoms with Gasteiger partial charge in [0, 0.05) is 23.1 Å². The van der Waals surface area contributed by atoms with E-state index >= 15 is 0 Å². The molecular weight excluding hydrogens is 370 g/mol. The van der Waals surface area contributed by atoms with Crippen LogP contribution in [-0.4, -0.2) is 16.8 Å². The van der Waals surface area contributed by atoms with Gasteiger partial charge in [-0.3, -0.25) is 14.9 Å². The number of benzene rings is 2. The summed E-state index contributed by atoms with van der Waals surface area (Å²) >= 11 is 1.36. The average molecular weight is 394 g/mol. The van der Waals surface area contributed by atoms with Crippen LogP contribution in [0.25, 0.3) is 0 Å². The largest absolute Gasteiger partial charge is 0.326 e. The zero-order valence-corrected chi connectivity index (χ0v) is 16.8. The molecule has 2 N–H and O–H groups in total. The Labute approximate surface area is 168 Å². The minimum atomic E-state index is -0.191. The third-order valence-corrected chi connectivity index (χ3v) is 5.08. The van der Waals surface area contributed by atoms with Crippen LogP contribution in [0.2, 0.25) is 0 Å². The molecule has 1 aromatic heterocycles. The van der Waals surface area contributed by atoms with Crippen molar-refractivity contribution in [3.05, 3.63) is 76.8 Å². The third-order valence-electron chi connectivity index (χ3n) is 4.28. The van der Waals surface area contributed by atoms with Crippen molar-refractivity contribution < 1.29 is 9.59 Å². The van der Waals surface area contributed by atoms with Crippen LogP contribution in [0.4, 0.5) is 10.8 Å². The molecule has 3 rings (SSSR count). The summed E-state index contributed by atoms with van der Waals surface area (Å²) in [6, 6.07) is 16.9. The third kappa shape index (κ3) is 5.50. The lowest BCUT2D eigenvalue weighted by atomic mass is 10.0. The van der Waals surface area contributed by atoms with Crippen molar-refractivity contribution in [1.29, 1.82) is 0 Å². The van der Waals surface area contributed by atoms with Gasteiger partial charge >= 0.3 is 0 Å². The van der Waals surface area contributed by atoms with Crippen molar-refractivity contribution in [2.75, 3.05) is 10.6 Å². The Morgan fingerprint density at radius 1 is 1.00 bits per heavy atom. The first-order valence-corrected chi connectivity index (χ1v) is 10.1. The summed E-state index contributed by atoms with van der Waals surface area (Å²) in [6.45, 7) is 4.27. The second kappa shape index (κ2) is 9.28. The summed E-state index contributed by atoms with van der Waals surface area (Å²) in [7, 11) is 0. The summed E-state index contributed by atoms with van der Waals surface area (Å²) in [6.07, 6.45) is 0.857. The summed E-state index contributed by atoms with van der Waals surface area (Å²) in [5, 5.41) is 8.10. The van der Waals surface area contributed by atoms with Crippen molar-refractivity contribution in [3.63, 3.8) is 0 Å². The van der Waals surface area contributed by atoms with E-state index in [9.17, 15) is 9.59 Å². The van der Waals surface area contributed by atoms with E-state index in [1.165, 1.54) is 16.9 Å². The maximum atomic E-state index is 12.2. The first-order valence-electron chi connectivity index (χ1n) is 9.22. The Hall–Kier alpha value is -2.99. The molecule has 0 aliphatic heterocycles. The van der Waals surface area contributed by atoms with Crippen LogP contribution in [0.15, 0.2) is 60.0 Å². The topological polar surface area (TPSA) is 71.1 Å². The van der Waals surface area contributed by atoms with Crippen molar-refractivity contribution in [3.8, 4) is 0 Å². The van der Waals surface area contributed by atoms with E-state index in [4.69, 9.17) is 0 Å². The maximum Gasteiger partial charge on any atom is 0.257 e. The number of rotatable bonds is 7. The molecule has 0 atom stereocenters. The van der Waals surface area contributed by atoms with Gasteiger partial charge in [0.05, 0.1) is 5.69 Å². The van der Waals surface area contributed by atoms with E-state index < -0.39 is 0 Å². The number of carbonyl (C=O) groups is 2. The SMILES string of the molecule is CC(C)c1ccc(NC(=O)CCc2csc(NC(=O)c3ccccc3)n2)cc1. The Bertz CT molecular complexity index is 934. The highest BCUT2D eigenvalue weighted by molar-refractivity contribution is 7.14. The van der Waals surface area contributed by atoms with E-state index in [-0.39, 0.29) is 11.8 Å². The van der Waals surface area contributed by atoms with E-state index in [1.807, 2.05) is 47.8 Å². The summed E-state index contributed by atoms with van der Waals surface area (Å²) in [5.74, 6) is 0.218. The lowest BCUT2D eigenvalue weighted by Gasteiger charge is -2.08. The molecule has 144 valence electrons. The molecule has 6 heteroatoms. The minimum Gasteiger partial charge on any atom is -0.326 e. The fourth-order valence-corrected chi connectivity index (χ4v) is 3.39. The maximum absolute atomic E-state index is 12.2. The van der Waals surface area contributed by atoms with Gasteiger partial charge in [-0.25, -0.2) is 4.98 Å². The van der Waals surface area contributed by atoms with E-state index in [1.54, 1.807) is 12.1 Å². The number of anilines is 2. The van der Waals surface area contributed by atoms with Gasteiger partial charge in [-0.15, -0.1) is 11.3 Å². The molecule has 0 saturated carbocycles. The molecule has 0 saturated heterocycles. The lowest BCUT2D eigenvalue weighted by molar-refractivity contribution is -0.116. The van der Waals surface area contributed by atoms with Crippen LogP contribution in [0.3, 0.4) is 0 Å². The molecule has 2 amide bonds. The minimum absolute atomic E-state index is 0.0554. The first kappa shape index (κ1) is 19.8. The molecule has 3 aromatic rings. The van der Waals surface area contributed by atoms with Gasteiger partial charge in [0.25, 0.3) is 5.91 Å². The smallest absolute Gasteiger partial charge is 0.257 e.